The van der Waals surface area contributed by atoms with E-state index in [2.05, 4.69) is 20.8 Å². The average molecular weight is 367 g/mol. The van der Waals surface area contributed by atoms with Gasteiger partial charge in [-0.1, -0.05) is 0 Å². The number of benzene rings is 2. The van der Waals surface area contributed by atoms with E-state index in [1.807, 2.05) is 49.4 Å². The summed E-state index contributed by atoms with van der Waals surface area (Å²) in [6.45, 7) is 2.41. The Morgan fingerprint density at radius 1 is 1.15 bits per heavy atom. The minimum atomic E-state index is -0.0529. The molecule has 140 valence electrons. The normalized spacial score (nSPS) is 10.4. The number of nitrogens with one attached hydrogen (secondary N) is 1. The van der Waals surface area contributed by atoms with Gasteiger partial charge in [0.15, 0.2) is 0 Å². The van der Waals surface area contributed by atoms with Crippen LogP contribution in [-0.2, 0) is 4.79 Å². The Balaban J connectivity index is 1.44. The maximum absolute atomic E-state index is 12.1. The van der Waals surface area contributed by atoms with Crippen LogP contribution in [0.2, 0.25) is 0 Å². The molecule has 0 unspecified atom stereocenters. The lowest BCUT2D eigenvalue weighted by atomic mass is 10.1. The summed E-state index contributed by atoms with van der Waals surface area (Å²) in [5.41, 5.74) is 2.57. The molecule has 1 heterocycles. The van der Waals surface area contributed by atoms with Crippen molar-refractivity contribution in [3.63, 3.8) is 0 Å². The van der Waals surface area contributed by atoms with E-state index in [-0.39, 0.29) is 5.91 Å². The zero-order chi connectivity index (χ0) is 19.1. The quantitative estimate of drug-likeness (QED) is 0.616. The molecular formula is C19H21N5O3. The summed E-state index contributed by atoms with van der Waals surface area (Å²) < 4.78 is 12.3. The Morgan fingerprint density at radius 2 is 1.93 bits per heavy atom. The Labute approximate surface area is 157 Å². The van der Waals surface area contributed by atoms with E-state index in [1.165, 1.54) is 6.33 Å². The third kappa shape index (κ3) is 5.04. The lowest BCUT2D eigenvalue weighted by Gasteiger charge is -2.10. The standard InChI is InChI=1S/C19H21N5O3/c1-14-12-15(5-10-18(14)24-13-20-22-23-24)21-19(25)4-3-11-27-17-8-6-16(26-2)7-9-17/h5-10,12-13H,3-4,11H2,1-2H3,(H,21,25). The molecule has 1 amide bonds. The molecule has 0 atom stereocenters. The molecule has 1 aromatic heterocycles. The molecule has 8 heteroatoms. The number of aromatic nitrogens is 4. The molecule has 0 saturated carbocycles. The number of rotatable bonds is 8. The number of anilines is 1. The smallest absolute Gasteiger partial charge is 0.224 e. The van der Waals surface area contributed by atoms with Crippen molar-refractivity contribution < 1.29 is 14.3 Å². The predicted octanol–water partition coefficient (Wildman–Crippen LogP) is 2.78. The summed E-state index contributed by atoms with van der Waals surface area (Å²) in [5.74, 6) is 1.48. The number of hydrogen-bond donors (Lipinski definition) is 1. The average Bonchev–Trinajstić information content (AvgIpc) is 3.20. The first-order valence-electron chi connectivity index (χ1n) is 8.56. The molecule has 0 radical (unpaired) electrons. The summed E-state index contributed by atoms with van der Waals surface area (Å²) in [7, 11) is 1.62. The number of amides is 1. The maximum atomic E-state index is 12.1. The second-order valence-electron chi connectivity index (χ2n) is 5.93. The predicted molar refractivity (Wildman–Crippen MR) is 100 cm³/mol. The molecule has 0 saturated heterocycles. The van der Waals surface area contributed by atoms with E-state index in [9.17, 15) is 4.79 Å². The van der Waals surface area contributed by atoms with Crippen LogP contribution in [0.5, 0.6) is 11.5 Å². The zero-order valence-electron chi connectivity index (χ0n) is 15.3. The fraction of sp³-hybridized carbons (Fsp3) is 0.263. The first-order chi connectivity index (χ1) is 13.2. The molecule has 3 aromatic rings. The van der Waals surface area contributed by atoms with Gasteiger partial charge in [-0.05, 0) is 71.8 Å². The summed E-state index contributed by atoms with van der Waals surface area (Å²) in [6.07, 6.45) is 2.53. The molecule has 1 N–H and O–H groups in total. The van der Waals surface area contributed by atoms with Crippen LogP contribution in [-0.4, -0.2) is 39.8 Å². The van der Waals surface area contributed by atoms with Crippen molar-refractivity contribution in [3.05, 3.63) is 54.4 Å². The van der Waals surface area contributed by atoms with Gasteiger partial charge in [-0.15, -0.1) is 5.10 Å². The second-order valence-corrected chi connectivity index (χ2v) is 5.93. The van der Waals surface area contributed by atoms with Gasteiger partial charge in [0.25, 0.3) is 0 Å². The van der Waals surface area contributed by atoms with Crippen LogP contribution < -0.4 is 14.8 Å². The van der Waals surface area contributed by atoms with Crippen LogP contribution in [0.15, 0.2) is 48.8 Å². The molecule has 3 rings (SSSR count). The van der Waals surface area contributed by atoms with Gasteiger partial charge in [0.1, 0.15) is 17.8 Å². The highest BCUT2D eigenvalue weighted by Gasteiger charge is 2.07. The zero-order valence-corrected chi connectivity index (χ0v) is 15.3. The van der Waals surface area contributed by atoms with Gasteiger partial charge in [-0.3, -0.25) is 4.79 Å². The van der Waals surface area contributed by atoms with Crippen molar-refractivity contribution >= 4 is 11.6 Å². The van der Waals surface area contributed by atoms with Gasteiger partial charge < -0.3 is 14.8 Å². The summed E-state index contributed by atoms with van der Waals surface area (Å²) in [5, 5.41) is 14.0. The molecule has 27 heavy (non-hydrogen) atoms. The highest BCUT2D eigenvalue weighted by Crippen LogP contribution is 2.19. The third-order valence-corrected chi connectivity index (χ3v) is 3.95. The van der Waals surface area contributed by atoms with Crippen LogP contribution in [0.3, 0.4) is 0 Å². The first kappa shape index (κ1) is 18.4. The Hall–Kier alpha value is -3.42. The van der Waals surface area contributed by atoms with Crippen LogP contribution in [0, 0.1) is 6.92 Å². The van der Waals surface area contributed by atoms with E-state index in [0.29, 0.717) is 19.4 Å². The third-order valence-electron chi connectivity index (χ3n) is 3.95. The number of aryl methyl sites for hydroxylation is 1. The molecule has 8 nitrogen and oxygen atoms in total. The molecule has 0 bridgehead atoms. The van der Waals surface area contributed by atoms with E-state index < -0.39 is 0 Å². The maximum Gasteiger partial charge on any atom is 0.224 e. The summed E-state index contributed by atoms with van der Waals surface area (Å²) in [4.78, 5) is 12.1. The molecule has 0 spiro atoms. The van der Waals surface area contributed by atoms with E-state index in [4.69, 9.17) is 9.47 Å². The SMILES string of the molecule is COc1ccc(OCCCC(=O)Nc2ccc(-n3cnnn3)c(C)c2)cc1. The van der Waals surface area contributed by atoms with E-state index in [0.717, 1.165) is 28.4 Å². The summed E-state index contributed by atoms with van der Waals surface area (Å²) in [6, 6.07) is 12.9. The van der Waals surface area contributed by atoms with Gasteiger partial charge in [-0.25, -0.2) is 4.68 Å². The van der Waals surface area contributed by atoms with Gasteiger partial charge in [0, 0.05) is 12.1 Å². The number of nitrogens with zero attached hydrogens (tertiary/aromatic N) is 4. The van der Waals surface area contributed by atoms with Crippen LogP contribution in [0.25, 0.3) is 5.69 Å². The number of carbonyl (C=O) groups excluding carboxylic acids is 1. The first-order valence-corrected chi connectivity index (χ1v) is 8.56. The fourth-order valence-corrected chi connectivity index (χ4v) is 2.58. The van der Waals surface area contributed by atoms with Crippen molar-refractivity contribution in [2.75, 3.05) is 19.0 Å². The number of methoxy groups -OCH3 is 1. The highest BCUT2D eigenvalue weighted by molar-refractivity contribution is 5.90. The molecular weight excluding hydrogens is 346 g/mol. The Kier molecular flexibility index (Phi) is 5.98. The van der Waals surface area contributed by atoms with Crippen LogP contribution >= 0.6 is 0 Å². The lowest BCUT2D eigenvalue weighted by Crippen LogP contribution is -2.13. The molecule has 0 aliphatic carbocycles. The number of hydrogen-bond acceptors (Lipinski definition) is 6. The number of tetrazole rings is 1. The second kappa shape index (κ2) is 8.79. The van der Waals surface area contributed by atoms with Crippen LogP contribution in [0.4, 0.5) is 5.69 Å². The monoisotopic (exact) mass is 367 g/mol. The van der Waals surface area contributed by atoms with Gasteiger partial charge in [0.2, 0.25) is 5.91 Å². The van der Waals surface area contributed by atoms with Gasteiger partial charge in [-0.2, -0.15) is 0 Å². The minimum absolute atomic E-state index is 0.0529. The van der Waals surface area contributed by atoms with E-state index in [1.54, 1.807) is 11.8 Å². The minimum Gasteiger partial charge on any atom is -0.497 e. The van der Waals surface area contributed by atoms with Gasteiger partial charge in [0.05, 0.1) is 19.4 Å². The van der Waals surface area contributed by atoms with Crippen molar-refractivity contribution in [2.24, 2.45) is 0 Å². The highest BCUT2D eigenvalue weighted by atomic mass is 16.5. The fourth-order valence-electron chi connectivity index (χ4n) is 2.58. The number of ether oxygens (including phenoxy) is 2. The van der Waals surface area contributed by atoms with Gasteiger partial charge >= 0.3 is 0 Å². The Bertz CT molecular complexity index is 879. The topological polar surface area (TPSA) is 91.2 Å². The van der Waals surface area contributed by atoms with E-state index >= 15 is 0 Å². The van der Waals surface area contributed by atoms with Crippen molar-refractivity contribution in [3.8, 4) is 17.2 Å². The molecule has 2 aromatic carbocycles. The van der Waals surface area contributed by atoms with Crippen LogP contribution in [0.1, 0.15) is 18.4 Å². The molecule has 0 fully saturated rings. The van der Waals surface area contributed by atoms with Crippen molar-refractivity contribution in [1.29, 1.82) is 0 Å². The molecule has 0 aliphatic rings. The number of carbonyl (C=O) groups is 1. The van der Waals surface area contributed by atoms with Crippen molar-refractivity contribution in [1.82, 2.24) is 20.2 Å². The molecule has 0 aliphatic heterocycles. The Morgan fingerprint density at radius 3 is 2.59 bits per heavy atom. The lowest BCUT2D eigenvalue weighted by molar-refractivity contribution is -0.116. The largest absolute Gasteiger partial charge is 0.497 e. The summed E-state index contributed by atoms with van der Waals surface area (Å²) >= 11 is 0. The van der Waals surface area contributed by atoms with Crippen molar-refractivity contribution in [2.45, 2.75) is 19.8 Å².